The molecule has 3 N–H and O–H groups in total. The summed E-state index contributed by atoms with van der Waals surface area (Å²) in [5, 5.41) is 6.15. The number of rotatable bonds is 6. The third-order valence-electron chi connectivity index (χ3n) is 4.12. The van der Waals surface area contributed by atoms with E-state index in [2.05, 4.69) is 15.4 Å². The molecule has 1 aliphatic rings. The lowest BCUT2D eigenvalue weighted by molar-refractivity contribution is 0.0956. The van der Waals surface area contributed by atoms with Crippen molar-refractivity contribution in [1.29, 1.82) is 0 Å². The number of amides is 1. The van der Waals surface area contributed by atoms with Crippen LogP contribution in [0.1, 0.15) is 49.4 Å². The summed E-state index contributed by atoms with van der Waals surface area (Å²) < 4.78 is 26.2. The van der Waals surface area contributed by atoms with Crippen LogP contribution in [0.5, 0.6) is 0 Å². The molecule has 0 atom stereocenters. The number of anilines is 1. The average Bonchev–Trinajstić information content (AvgIpc) is 2.56. The van der Waals surface area contributed by atoms with Crippen molar-refractivity contribution in [2.75, 3.05) is 18.9 Å². The van der Waals surface area contributed by atoms with Crippen LogP contribution in [0.25, 0.3) is 0 Å². The summed E-state index contributed by atoms with van der Waals surface area (Å²) in [7, 11) is -2.22. The van der Waals surface area contributed by atoms with Gasteiger partial charge >= 0.3 is 0 Å². The molecule has 1 aliphatic carbocycles. The van der Waals surface area contributed by atoms with Crippen LogP contribution in [-0.4, -0.2) is 34.0 Å². The standard InChI is InChI=1S/C16H25N3O3S/c1-3-18-16(20)14-11-13(23(21,22)17-2)9-10-15(14)19-12-7-5-4-6-8-12/h9-12,17,19H,3-8H2,1-2H3,(H,18,20). The van der Waals surface area contributed by atoms with Gasteiger partial charge < -0.3 is 10.6 Å². The van der Waals surface area contributed by atoms with E-state index in [0.29, 0.717) is 23.8 Å². The fraction of sp³-hybridized carbons (Fsp3) is 0.562. The number of hydrogen-bond acceptors (Lipinski definition) is 4. The van der Waals surface area contributed by atoms with Gasteiger partial charge in [0.2, 0.25) is 10.0 Å². The molecule has 1 fully saturated rings. The van der Waals surface area contributed by atoms with E-state index in [1.165, 1.54) is 38.4 Å². The van der Waals surface area contributed by atoms with E-state index in [-0.39, 0.29) is 10.8 Å². The SMILES string of the molecule is CCNC(=O)c1cc(S(=O)(=O)NC)ccc1NC1CCCCC1. The summed E-state index contributed by atoms with van der Waals surface area (Å²) in [6, 6.07) is 4.98. The Morgan fingerprint density at radius 1 is 1.22 bits per heavy atom. The highest BCUT2D eigenvalue weighted by Gasteiger charge is 2.20. The van der Waals surface area contributed by atoms with Gasteiger partial charge in [-0.25, -0.2) is 13.1 Å². The molecule has 0 unspecified atom stereocenters. The molecule has 0 bridgehead atoms. The second kappa shape index (κ2) is 7.79. The lowest BCUT2D eigenvalue weighted by Crippen LogP contribution is -2.28. The second-order valence-electron chi connectivity index (χ2n) is 5.75. The molecule has 23 heavy (non-hydrogen) atoms. The van der Waals surface area contributed by atoms with E-state index in [9.17, 15) is 13.2 Å². The molecular formula is C16H25N3O3S. The van der Waals surface area contributed by atoms with E-state index in [1.54, 1.807) is 6.07 Å². The van der Waals surface area contributed by atoms with Crippen molar-refractivity contribution in [2.24, 2.45) is 0 Å². The van der Waals surface area contributed by atoms with E-state index < -0.39 is 10.0 Å². The molecule has 0 heterocycles. The molecule has 0 spiro atoms. The van der Waals surface area contributed by atoms with Crippen molar-refractivity contribution in [1.82, 2.24) is 10.0 Å². The van der Waals surface area contributed by atoms with Gasteiger partial charge in [-0.1, -0.05) is 19.3 Å². The summed E-state index contributed by atoms with van der Waals surface area (Å²) in [4.78, 5) is 12.4. The Hall–Kier alpha value is -1.60. The number of nitrogens with one attached hydrogen (secondary N) is 3. The Bertz CT molecular complexity index is 653. The van der Waals surface area contributed by atoms with Gasteiger partial charge in [0.15, 0.2) is 0 Å². The molecular weight excluding hydrogens is 314 g/mol. The Morgan fingerprint density at radius 3 is 2.52 bits per heavy atom. The van der Waals surface area contributed by atoms with E-state index in [4.69, 9.17) is 0 Å². The van der Waals surface area contributed by atoms with Crippen molar-refractivity contribution in [3.63, 3.8) is 0 Å². The number of carbonyl (C=O) groups is 1. The Morgan fingerprint density at radius 2 is 1.91 bits per heavy atom. The quantitative estimate of drug-likeness (QED) is 0.740. The summed E-state index contributed by atoms with van der Waals surface area (Å²) in [5.74, 6) is -0.265. The smallest absolute Gasteiger partial charge is 0.253 e. The highest BCUT2D eigenvalue weighted by Crippen LogP contribution is 2.26. The van der Waals surface area contributed by atoms with Crippen LogP contribution in [0.3, 0.4) is 0 Å². The van der Waals surface area contributed by atoms with Crippen molar-refractivity contribution in [2.45, 2.75) is 50.0 Å². The Labute approximate surface area is 138 Å². The lowest BCUT2D eigenvalue weighted by atomic mass is 9.95. The summed E-state index contributed by atoms with van der Waals surface area (Å²) >= 11 is 0. The predicted octanol–water partition coefficient (Wildman–Crippen LogP) is 2.09. The largest absolute Gasteiger partial charge is 0.382 e. The lowest BCUT2D eigenvalue weighted by Gasteiger charge is -2.25. The minimum Gasteiger partial charge on any atom is -0.382 e. The van der Waals surface area contributed by atoms with Gasteiger partial charge in [0.25, 0.3) is 5.91 Å². The maximum Gasteiger partial charge on any atom is 0.253 e. The highest BCUT2D eigenvalue weighted by atomic mass is 32.2. The van der Waals surface area contributed by atoms with E-state index >= 15 is 0 Å². The van der Waals surface area contributed by atoms with Gasteiger partial charge in [-0.2, -0.15) is 0 Å². The normalized spacial score (nSPS) is 16.1. The first-order chi connectivity index (χ1) is 11.0. The van der Waals surface area contributed by atoms with Gasteiger partial charge in [-0.15, -0.1) is 0 Å². The van der Waals surface area contributed by atoms with Gasteiger partial charge in [0.1, 0.15) is 0 Å². The highest BCUT2D eigenvalue weighted by molar-refractivity contribution is 7.89. The molecule has 0 aliphatic heterocycles. The van der Waals surface area contributed by atoms with Crippen LogP contribution < -0.4 is 15.4 Å². The third-order valence-corrected chi connectivity index (χ3v) is 5.53. The first-order valence-corrected chi connectivity index (χ1v) is 9.58. The van der Waals surface area contributed by atoms with Crippen molar-refractivity contribution < 1.29 is 13.2 Å². The molecule has 7 heteroatoms. The first kappa shape index (κ1) is 17.7. The third kappa shape index (κ3) is 4.45. The second-order valence-corrected chi connectivity index (χ2v) is 7.64. The minimum absolute atomic E-state index is 0.0930. The zero-order valence-corrected chi connectivity index (χ0v) is 14.5. The van der Waals surface area contributed by atoms with Crippen LogP contribution in [-0.2, 0) is 10.0 Å². The maximum atomic E-state index is 12.3. The first-order valence-electron chi connectivity index (χ1n) is 8.10. The minimum atomic E-state index is -3.58. The monoisotopic (exact) mass is 339 g/mol. The number of carbonyl (C=O) groups excluding carboxylic acids is 1. The Balaban J connectivity index is 2.34. The fourth-order valence-electron chi connectivity index (χ4n) is 2.84. The molecule has 1 amide bonds. The van der Waals surface area contributed by atoms with Crippen LogP contribution in [0.2, 0.25) is 0 Å². The van der Waals surface area contributed by atoms with E-state index in [1.807, 2.05) is 6.92 Å². The zero-order valence-electron chi connectivity index (χ0n) is 13.7. The number of benzene rings is 1. The van der Waals surface area contributed by atoms with Crippen LogP contribution in [0.4, 0.5) is 5.69 Å². The summed E-state index contributed by atoms with van der Waals surface area (Å²) in [5.41, 5.74) is 1.06. The molecule has 0 radical (unpaired) electrons. The summed E-state index contributed by atoms with van der Waals surface area (Å²) in [6.45, 7) is 2.32. The van der Waals surface area contributed by atoms with Gasteiger partial charge in [0.05, 0.1) is 10.5 Å². The molecule has 1 aromatic rings. The number of hydrogen-bond donors (Lipinski definition) is 3. The molecule has 128 valence electrons. The maximum absolute atomic E-state index is 12.3. The molecule has 1 aromatic carbocycles. The van der Waals surface area contributed by atoms with Gasteiger partial charge in [-0.05, 0) is 45.0 Å². The van der Waals surface area contributed by atoms with Gasteiger partial charge in [0, 0.05) is 18.3 Å². The summed E-state index contributed by atoms with van der Waals surface area (Å²) in [6.07, 6.45) is 5.76. The predicted molar refractivity (Wildman–Crippen MR) is 91.2 cm³/mol. The number of sulfonamides is 1. The van der Waals surface area contributed by atoms with E-state index in [0.717, 1.165) is 12.8 Å². The molecule has 2 rings (SSSR count). The van der Waals surface area contributed by atoms with Crippen molar-refractivity contribution >= 4 is 21.6 Å². The topological polar surface area (TPSA) is 87.3 Å². The van der Waals surface area contributed by atoms with Crippen LogP contribution in [0.15, 0.2) is 23.1 Å². The molecule has 0 saturated heterocycles. The van der Waals surface area contributed by atoms with Crippen molar-refractivity contribution in [3.8, 4) is 0 Å². The van der Waals surface area contributed by atoms with Crippen LogP contribution in [0, 0.1) is 0 Å². The van der Waals surface area contributed by atoms with Gasteiger partial charge in [-0.3, -0.25) is 4.79 Å². The molecule has 6 nitrogen and oxygen atoms in total. The molecule has 0 aromatic heterocycles. The van der Waals surface area contributed by atoms with Crippen molar-refractivity contribution in [3.05, 3.63) is 23.8 Å². The fourth-order valence-corrected chi connectivity index (χ4v) is 3.60. The average molecular weight is 339 g/mol. The Kier molecular flexibility index (Phi) is 6.01. The molecule has 1 saturated carbocycles. The zero-order chi connectivity index (χ0) is 16.9. The van der Waals surface area contributed by atoms with Crippen LogP contribution >= 0.6 is 0 Å².